The number of nitrogens with one attached hydrogen (secondary N) is 1. The first kappa shape index (κ1) is 12.9. The molecule has 94 valence electrons. The molecular formula is C12H14N4S2. The summed E-state index contributed by atoms with van der Waals surface area (Å²) in [5.74, 6) is 0.663. The Hall–Kier alpha value is -1.53. The molecule has 0 saturated carbocycles. The van der Waals surface area contributed by atoms with Gasteiger partial charge < -0.3 is 11.1 Å². The molecule has 0 spiro atoms. The average Bonchev–Trinajstić information content (AvgIpc) is 2.57. The van der Waals surface area contributed by atoms with Gasteiger partial charge in [-0.2, -0.15) is 0 Å². The van der Waals surface area contributed by atoms with Crippen LogP contribution >= 0.6 is 23.6 Å². The Morgan fingerprint density at radius 2 is 2.11 bits per heavy atom. The predicted octanol–water partition coefficient (Wildman–Crippen LogP) is 2.84. The van der Waals surface area contributed by atoms with Crippen LogP contribution in [0.4, 0.5) is 10.9 Å². The van der Waals surface area contributed by atoms with E-state index in [0.717, 1.165) is 22.0 Å². The zero-order valence-corrected chi connectivity index (χ0v) is 12.1. The first-order valence-corrected chi connectivity index (χ1v) is 6.68. The Kier molecular flexibility index (Phi) is 3.58. The maximum absolute atomic E-state index is 5.74. The summed E-state index contributed by atoms with van der Waals surface area (Å²) in [5, 5.41) is 3.99. The summed E-state index contributed by atoms with van der Waals surface area (Å²) in [6.45, 7) is 5.98. The maximum Gasteiger partial charge on any atom is 0.188 e. The first-order chi connectivity index (χ1) is 8.49. The molecule has 0 atom stereocenters. The predicted molar refractivity (Wildman–Crippen MR) is 79.7 cm³/mol. The lowest BCUT2D eigenvalue weighted by atomic mass is 10.1. The SMILES string of the molecule is Cc1ccnc(Nc2nc(C)c(C)s2)c1C(N)=S. The minimum absolute atomic E-state index is 0.341. The number of aryl methyl sites for hydroxylation is 3. The summed E-state index contributed by atoms with van der Waals surface area (Å²) in [6.07, 6.45) is 1.73. The van der Waals surface area contributed by atoms with E-state index < -0.39 is 0 Å². The first-order valence-electron chi connectivity index (χ1n) is 5.45. The Bertz CT molecular complexity index is 585. The van der Waals surface area contributed by atoms with Crippen LogP contribution in [0.2, 0.25) is 0 Å². The van der Waals surface area contributed by atoms with Gasteiger partial charge in [0.15, 0.2) is 5.13 Å². The molecule has 2 rings (SSSR count). The van der Waals surface area contributed by atoms with Crippen LogP contribution in [-0.4, -0.2) is 15.0 Å². The van der Waals surface area contributed by atoms with Crippen molar-refractivity contribution in [2.24, 2.45) is 5.73 Å². The molecule has 0 aliphatic carbocycles. The molecule has 0 aromatic carbocycles. The molecule has 0 saturated heterocycles. The Labute approximate surface area is 115 Å². The third-order valence-corrected chi connectivity index (χ3v) is 3.85. The van der Waals surface area contributed by atoms with Gasteiger partial charge in [-0.25, -0.2) is 9.97 Å². The largest absolute Gasteiger partial charge is 0.389 e. The van der Waals surface area contributed by atoms with Gasteiger partial charge in [0.2, 0.25) is 0 Å². The van der Waals surface area contributed by atoms with Crippen molar-refractivity contribution < 1.29 is 0 Å². The highest BCUT2D eigenvalue weighted by Gasteiger charge is 2.12. The van der Waals surface area contributed by atoms with Crippen LogP contribution in [0.3, 0.4) is 0 Å². The molecular weight excluding hydrogens is 264 g/mol. The van der Waals surface area contributed by atoms with Gasteiger partial charge in [-0.1, -0.05) is 12.2 Å². The fourth-order valence-electron chi connectivity index (χ4n) is 1.59. The number of thiazole rings is 1. The summed E-state index contributed by atoms with van der Waals surface area (Å²) in [4.78, 5) is 10.2. The molecule has 0 amide bonds. The van der Waals surface area contributed by atoms with Crippen molar-refractivity contribution in [3.63, 3.8) is 0 Å². The molecule has 4 nitrogen and oxygen atoms in total. The number of hydrogen-bond acceptors (Lipinski definition) is 5. The molecule has 0 unspecified atom stereocenters. The van der Waals surface area contributed by atoms with Gasteiger partial charge in [0.05, 0.1) is 11.3 Å². The summed E-state index contributed by atoms with van der Waals surface area (Å²) < 4.78 is 0. The lowest BCUT2D eigenvalue weighted by Crippen LogP contribution is -2.14. The summed E-state index contributed by atoms with van der Waals surface area (Å²) in [6, 6.07) is 1.89. The lowest BCUT2D eigenvalue weighted by molar-refractivity contribution is 1.20. The molecule has 18 heavy (non-hydrogen) atoms. The van der Waals surface area contributed by atoms with Gasteiger partial charge >= 0.3 is 0 Å². The number of pyridine rings is 1. The molecule has 3 N–H and O–H groups in total. The van der Waals surface area contributed by atoms with Gasteiger partial charge in [-0.3, -0.25) is 0 Å². The summed E-state index contributed by atoms with van der Waals surface area (Å²) in [7, 11) is 0. The number of aromatic nitrogens is 2. The van der Waals surface area contributed by atoms with Crippen LogP contribution in [0.15, 0.2) is 12.3 Å². The summed E-state index contributed by atoms with van der Waals surface area (Å²) in [5.41, 5.74) is 8.54. The second-order valence-corrected chi connectivity index (χ2v) is 5.64. The second kappa shape index (κ2) is 4.99. The van der Waals surface area contributed by atoms with Crippen LogP contribution in [0.5, 0.6) is 0 Å². The van der Waals surface area contributed by atoms with Crippen molar-refractivity contribution >= 4 is 39.5 Å². The normalized spacial score (nSPS) is 10.4. The van der Waals surface area contributed by atoms with Crippen LogP contribution in [0.1, 0.15) is 21.7 Å². The maximum atomic E-state index is 5.74. The number of thiocarbonyl (C=S) groups is 1. The van der Waals surface area contributed by atoms with Crippen molar-refractivity contribution in [3.8, 4) is 0 Å². The third kappa shape index (κ3) is 2.49. The highest BCUT2D eigenvalue weighted by atomic mass is 32.1. The Morgan fingerprint density at radius 3 is 2.67 bits per heavy atom. The van der Waals surface area contributed by atoms with E-state index in [0.29, 0.717) is 10.8 Å². The van der Waals surface area contributed by atoms with Crippen LogP contribution in [0.25, 0.3) is 0 Å². The van der Waals surface area contributed by atoms with E-state index in [2.05, 4.69) is 15.3 Å². The zero-order chi connectivity index (χ0) is 13.3. The van der Waals surface area contributed by atoms with Crippen LogP contribution in [-0.2, 0) is 0 Å². The summed E-state index contributed by atoms with van der Waals surface area (Å²) >= 11 is 6.65. The second-order valence-electron chi connectivity index (χ2n) is 4.00. The number of nitrogens with two attached hydrogens (primary N) is 1. The van der Waals surface area contributed by atoms with E-state index in [9.17, 15) is 0 Å². The zero-order valence-electron chi connectivity index (χ0n) is 10.4. The van der Waals surface area contributed by atoms with E-state index in [1.807, 2.05) is 26.8 Å². The molecule has 2 aromatic rings. The van der Waals surface area contributed by atoms with Crippen molar-refractivity contribution in [2.45, 2.75) is 20.8 Å². The van der Waals surface area contributed by atoms with Crippen molar-refractivity contribution in [3.05, 3.63) is 34.0 Å². The molecule has 0 aliphatic heterocycles. The molecule has 2 heterocycles. The minimum Gasteiger partial charge on any atom is -0.389 e. The van der Waals surface area contributed by atoms with Crippen LogP contribution < -0.4 is 11.1 Å². The molecule has 0 fully saturated rings. The highest BCUT2D eigenvalue weighted by Crippen LogP contribution is 2.26. The molecule has 2 aromatic heterocycles. The topological polar surface area (TPSA) is 63.8 Å². The van der Waals surface area contributed by atoms with Gasteiger partial charge in [0, 0.05) is 11.1 Å². The van der Waals surface area contributed by atoms with E-state index in [4.69, 9.17) is 18.0 Å². The molecule has 0 aliphatic rings. The van der Waals surface area contributed by atoms with E-state index in [1.165, 1.54) is 4.88 Å². The van der Waals surface area contributed by atoms with E-state index >= 15 is 0 Å². The number of anilines is 2. The van der Waals surface area contributed by atoms with Gasteiger partial charge in [-0.15, -0.1) is 11.3 Å². The van der Waals surface area contributed by atoms with Gasteiger partial charge in [0.25, 0.3) is 0 Å². The quantitative estimate of drug-likeness (QED) is 0.845. The van der Waals surface area contributed by atoms with Crippen molar-refractivity contribution in [1.82, 2.24) is 9.97 Å². The number of nitrogens with zero attached hydrogens (tertiary/aromatic N) is 2. The van der Waals surface area contributed by atoms with E-state index in [1.54, 1.807) is 17.5 Å². The highest BCUT2D eigenvalue weighted by molar-refractivity contribution is 7.80. The minimum atomic E-state index is 0.341. The third-order valence-electron chi connectivity index (χ3n) is 2.66. The Morgan fingerprint density at radius 1 is 1.39 bits per heavy atom. The average molecular weight is 278 g/mol. The van der Waals surface area contributed by atoms with Crippen molar-refractivity contribution in [2.75, 3.05) is 5.32 Å². The lowest BCUT2D eigenvalue weighted by Gasteiger charge is -2.10. The standard InChI is InChI=1S/C12H14N4S2/c1-6-4-5-14-11(9(6)10(13)17)16-12-15-7(2)8(3)18-12/h4-5H,1-3H3,(H2,13,17)(H,14,15,16). The fourth-order valence-corrected chi connectivity index (χ4v) is 2.66. The van der Waals surface area contributed by atoms with Crippen LogP contribution in [0, 0.1) is 20.8 Å². The molecule has 0 bridgehead atoms. The number of hydrogen-bond donors (Lipinski definition) is 2. The molecule has 0 radical (unpaired) electrons. The van der Waals surface area contributed by atoms with Gasteiger partial charge in [-0.05, 0) is 32.4 Å². The fraction of sp³-hybridized carbons (Fsp3) is 0.250. The van der Waals surface area contributed by atoms with Gasteiger partial charge in [0.1, 0.15) is 10.8 Å². The van der Waals surface area contributed by atoms with Crippen molar-refractivity contribution in [1.29, 1.82) is 0 Å². The number of rotatable bonds is 3. The molecule has 6 heteroatoms. The smallest absolute Gasteiger partial charge is 0.188 e. The Balaban J connectivity index is 2.40. The monoisotopic (exact) mass is 278 g/mol. The van der Waals surface area contributed by atoms with E-state index in [-0.39, 0.29) is 0 Å².